The molecule has 4 rings (SSSR count). The van der Waals surface area contributed by atoms with Crippen molar-refractivity contribution in [2.75, 3.05) is 28.2 Å². The zero-order chi connectivity index (χ0) is 31.1. The van der Waals surface area contributed by atoms with Gasteiger partial charge in [-0.3, -0.25) is 4.79 Å². The Bertz CT molecular complexity index is 1280. The Balaban J connectivity index is 0.00000552. The first-order valence-electron chi connectivity index (χ1n) is 16.5. The molecular formula is C41H53ClN2O. The summed E-state index contributed by atoms with van der Waals surface area (Å²) in [5.74, 6) is 0.437. The van der Waals surface area contributed by atoms with Gasteiger partial charge in [0.2, 0.25) is 0 Å². The number of rotatable bonds is 18. The zero-order valence-electron chi connectivity index (χ0n) is 27.9. The summed E-state index contributed by atoms with van der Waals surface area (Å²) in [6.07, 6.45) is 10.2. The van der Waals surface area contributed by atoms with Crippen molar-refractivity contribution in [3.05, 3.63) is 119 Å². The molecule has 0 saturated heterocycles. The Morgan fingerprint density at radius 2 is 0.711 bits per heavy atom. The predicted octanol–water partition coefficient (Wildman–Crippen LogP) is 10.0. The van der Waals surface area contributed by atoms with Gasteiger partial charge in [-0.05, 0) is 111 Å². The van der Waals surface area contributed by atoms with Gasteiger partial charge in [-0.2, -0.15) is 0 Å². The lowest BCUT2D eigenvalue weighted by molar-refractivity contribution is -0.119. The smallest absolute Gasteiger partial charge is 0.132 e. The fraction of sp³-hybridized carbons (Fsp3) is 0.390. The Hall–Kier alpha value is -3.24. The maximum absolute atomic E-state index is 12.4. The molecule has 0 aromatic heterocycles. The summed E-state index contributed by atoms with van der Waals surface area (Å²) in [5.41, 5.74) is 10.5. The number of benzene rings is 4. The lowest BCUT2D eigenvalue weighted by Gasteiger charge is -2.10. The molecule has 240 valence electrons. The van der Waals surface area contributed by atoms with Crippen LogP contribution in [-0.4, -0.2) is 43.8 Å². The Morgan fingerprint density at radius 1 is 0.422 bits per heavy atom. The summed E-state index contributed by atoms with van der Waals surface area (Å²) in [4.78, 5) is 16.8. The average molecular weight is 625 g/mol. The molecule has 0 amide bonds. The molecule has 0 spiro atoms. The maximum atomic E-state index is 12.4. The van der Waals surface area contributed by atoms with Crippen LogP contribution < -0.4 is 0 Å². The van der Waals surface area contributed by atoms with Crippen molar-refractivity contribution < 1.29 is 4.79 Å². The first-order valence-corrected chi connectivity index (χ1v) is 16.5. The van der Waals surface area contributed by atoms with Gasteiger partial charge < -0.3 is 9.80 Å². The number of halogens is 1. The van der Waals surface area contributed by atoms with E-state index >= 15 is 0 Å². The quantitative estimate of drug-likeness (QED) is 0.103. The molecule has 0 unspecified atom stereocenters. The summed E-state index contributed by atoms with van der Waals surface area (Å²) < 4.78 is 0. The fourth-order valence-electron chi connectivity index (χ4n) is 5.84. The lowest BCUT2D eigenvalue weighted by Crippen LogP contribution is -2.10. The van der Waals surface area contributed by atoms with E-state index < -0.39 is 0 Å². The molecule has 45 heavy (non-hydrogen) atoms. The van der Waals surface area contributed by atoms with Crippen LogP contribution in [0.4, 0.5) is 0 Å². The van der Waals surface area contributed by atoms with E-state index in [0.29, 0.717) is 5.78 Å². The van der Waals surface area contributed by atoms with Crippen molar-refractivity contribution in [1.82, 2.24) is 9.80 Å². The lowest BCUT2D eigenvalue weighted by atomic mass is 9.99. The van der Waals surface area contributed by atoms with Crippen LogP contribution in [0.2, 0.25) is 0 Å². The number of carbonyl (C=O) groups excluding carboxylic acids is 1. The molecule has 0 aliphatic heterocycles. The number of Topliss-reactive ketones (excluding diaryl/α,β-unsaturated/α-hetero) is 1. The van der Waals surface area contributed by atoms with Gasteiger partial charge in [0.1, 0.15) is 5.78 Å². The standard InChI is InChI=1S/C41H52N2O.ClH/c1-42(2)31-35-19-27-39(28-20-35)37-23-15-33(16-24-37)11-7-5-9-13-41(44)14-10-6-8-12-34-17-25-38(26-18-34)40-29-21-36(22-30-40)32-43(3)4;/h15-30H,5-14,31-32H2,1-4H3;1H. The summed E-state index contributed by atoms with van der Waals surface area (Å²) in [7, 11) is 8.40. The van der Waals surface area contributed by atoms with Gasteiger partial charge in [0, 0.05) is 25.9 Å². The van der Waals surface area contributed by atoms with Gasteiger partial charge in [0.15, 0.2) is 0 Å². The van der Waals surface area contributed by atoms with E-state index in [4.69, 9.17) is 0 Å². The molecular weight excluding hydrogens is 572 g/mol. The third kappa shape index (κ3) is 13.0. The van der Waals surface area contributed by atoms with Crippen LogP contribution in [0.1, 0.15) is 73.6 Å². The predicted molar refractivity (Wildman–Crippen MR) is 195 cm³/mol. The minimum absolute atomic E-state index is 0. The zero-order valence-corrected chi connectivity index (χ0v) is 28.8. The molecule has 3 nitrogen and oxygen atoms in total. The number of unbranched alkanes of at least 4 members (excludes halogenated alkanes) is 4. The number of hydrogen-bond acceptors (Lipinski definition) is 3. The second-order valence-corrected chi connectivity index (χ2v) is 12.9. The Kier molecular flexibility index (Phi) is 15.6. The van der Waals surface area contributed by atoms with E-state index in [-0.39, 0.29) is 12.4 Å². The largest absolute Gasteiger partial charge is 0.305 e. The second kappa shape index (κ2) is 19.3. The normalized spacial score (nSPS) is 11.2. The summed E-state index contributed by atoms with van der Waals surface area (Å²) in [6, 6.07) is 35.7. The maximum Gasteiger partial charge on any atom is 0.132 e. The van der Waals surface area contributed by atoms with Crippen LogP contribution in [0.5, 0.6) is 0 Å². The van der Waals surface area contributed by atoms with Crippen molar-refractivity contribution in [1.29, 1.82) is 0 Å². The topological polar surface area (TPSA) is 23.6 Å². The molecule has 0 bridgehead atoms. The molecule has 0 N–H and O–H groups in total. The molecule has 0 fully saturated rings. The number of nitrogens with zero attached hydrogens (tertiary/aromatic N) is 2. The van der Waals surface area contributed by atoms with Gasteiger partial charge in [-0.25, -0.2) is 0 Å². The third-order valence-electron chi connectivity index (χ3n) is 8.32. The second-order valence-electron chi connectivity index (χ2n) is 12.9. The number of aryl methyl sites for hydroxylation is 2. The molecule has 4 heteroatoms. The Labute approximate surface area is 279 Å². The van der Waals surface area contributed by atoms with E-state index in [1.807, 2.05) is 0 Å². The van der Waals surface area contributed by atoms with Crippen LogP contribution in [-0.2, 0) is 30.7 Å². The molecule has 0 heterocycles. The van der Waals surface area contributed by atoms with Crippen LogP contribution in [0.3, 0.4) is 0 Å². The van der Waals surface area contributed by atoms with Crippen molar-refractivity contribution >= 4 is 18.2 Å². The molecule has 4 aromatic carbocycles. The summed E-state index contributed by atoms with van der Waals surface area (Å²) in [5, 5.41) is 0. The van der Waals surface area contributed by atoms with Gasteiger partial charge in [-0.15, -0.1) is 12.4 Å². The minimum Gasteiger partial charge on any atom is -0.305 e. The van der Waals surface area contributed by atoms with Crippen LogP contribution in [0.25, 0.3) is 22.3 Å². The number of ketones is 1. The molecule has 0 aliphatic carbocycles. The van der Waals surface area contributed by atoms with Crippen LogP contribution in [0.15, 0.2) is 97.1 Å². The first kappa shape index (κ1) is 36.2. The van der Waals surface area contributed by atoms with Gasteiger partial charge in [0.25, 0.3) is 0 Å². The number of carbonyl (C=O) groups is 1. The third-order valence-corrected chi connectivity index (χ3v) is 8.32. The van der Waals surface area contributed by atoms with Crippen LogP contribution in [0, 0.1) is 0 Å². The highest BCUT2D eigenvalue weighted by Gasteiger charge is 2.05. The molecule has 0 saturated carbocycles. The van der Waals surface area contributed by atoms with E-state index in [0.717, 1.165) is 77.3 Å². The Morgan fingerprint density at radius 3 is 1.00 bits per heavy atom. The monoisotopic (exact) mass is 624 g/mol. The fourth-order valence-corrected chi connectivity index (χ4v) is 5.84. The van der Waals surface area contributed by atoms with Crippen molar-refractivity contribution in [3.63, 3.8) is 0 Å². The van der Waals surface area contributed by atoms with Crippen molar-refractivity contribution in [2.24, 2.45) is 0 Å². The minimum atomic E-state index is 0. The van der Waals surface area contributed by atoms with E-state index in [2.05, 4.69) is 135 Å². The molecule has 0 radical (unpaired) electrons. The molecule has 0 atom stereocenters. The van der Waals surface area contributed by atoms with Gasteiger partial charge in [0.05, 0.1) is 0 Å². The van der Waals surface area contributed by atoms with E-state index in [9.17, 15) is 4.79 Å². The van der Waals surface area contributed by atoms with Crippen molar-refractivity contribution in [3.8, 4) is 22.3 Å². The molecule has 0 aliphatic rings. The first-order chi connectivity index (χ1) is 21.4. The highest BCUT2D eigenvalue weighted by molar-refractivity contribution is 5.85. The highest BCUT2D eigenvalue weighted by Crippen LogP contribution is 2.23. The summed E-state index contributed by atoms with van der Waals surface area (Å²) >= 11 is 0. The average Bonchev–Trinajstić information content (AvgIpc) is 3.02. The van der Waals surface area contributed by atoms with Gasteiger partial charge >= 0.3 is 0 Å². The SMILES string of the molecule is CN(C)Cc1ccc(-c2ccc(CCCCCC(=O)CCCCCc3ccc(-c4ccc(CN(C)C)cc4)cc3)cc2)cc1.Cl. The van der Waals surface area contributed by atoms with Gasteiger partial charge in [-0.1, -0.05) is 110 Å². The molecule has 4 aromatic rings. The van der Waals surface area contributed by atoms with Crippen molar-refractivity contribution in [2.45, 2.75) is 77.3 Å². The van der Waals surface area contributed by atoms with Crippen LogP contribution >= 0.6 is 12.4 Å². The highest BCUT2D eigenvalue weighted by atomic mass is 35.5. The summed E-state index contributed by atoms with van der Waals surface area (Å²) in [6.45, 7) is 1.93. The number of hydrogen-bond donors (Lipinski definition) is 0. The van der Waals surface area contributed by atoms with E-state index in [1.165, 1.54) is 44.5 Å². The van der Waals surface area contributed by atoms with E-state index in [1.54, 1.807) is 0 Å².